The van der Waals surface area contributed by atoms with Crippen LogP contribution in [0.3, 0.4) is 0 Å². The molecule has 5 N–H and O–H groups in total. The summed E-state index contributed by atoms with van der Waals surface area (Å²) >= 11 is 0. The Hall–Kier alpha value is -9.27. The van der Waals surface area contributed by atoms with Gasteiger partial charge in [-0.15, -0.1) is 0 Å². The standard InChI is InChI=1S/C18H25NO7S.C13H22N4O2.C13H24N2O2.C11H18N4O4.C11H19NO5.C7H12O.C6H10N4O2.C2HF3O2.N3.Na/c1-12-6-8-14(9-7-12)27(22,23)26-13-10-15(16(20)24-5)19(11-13)17(21)25-18(2,3)4;1-19-13(18)12-7-11(15-16-14)9-17(12)8-10-5-3-2-4-6-10;1-17-13(16)12-7-11(14)9-15(12)8-10-5-3-2-4-6-10;1-11(2,3)19-10(17)15-6-7(13-14-12)5-8(15)9(16)18-4;1-11(2,3)17-10(15)12-6-7(13)5-8(12)9(14)16-4;8-6-7-4-2-1-3-5-7;1-12-6(11)5-2-4(3-8-5)9-10-7;3-2(4,5)1(6)7;1-3-2;/h6-9,13,15H,10-11H2,1-5H3;10-12H,2-9H2,1H3;10-12H,2-9,14H2,1H3;7-8H,5-6H2,1-4H3;7-8,13H,5-6H2,1-4H3;6-7H,1-5H2;4-5,8H,2-3H2,1H3;(H,6,7);;/q;;;;;;;;-1;+1/t13-,15+;2*11-,12-;7-,8-;7-,8+;;4-,5-;;;/m10001.0.../s1. The number of likely N-dealkylation sites (tertiary alicyclic amines) is 5. The number of amides is 3. The monoisotopic (exact) mass is 1880 g/mol. The number of carboxylic acid groups (broad SMARTS) is 1. The number of nitrogens with one attached hydrogen (secondary N) is 1. The molecule has 6 aliphatic heterocycles. The van der Waals surface area contributed by atoms with Crippen LogP contribution in [0.15, 0.2) is 44.5 Å². The molecule has 49 heteroatoms. The molecular weight excluding hydrogens is 1750 g/mol. The van der Waals surface area contributed by atoms with Gasteiger partial charge in [0, 0.05) is 78.8 Å². The third kappa shape index (κ3) is 44.3. The molecule has 1 aromatic carbocycles. The van der Waals surface area contributed by atoms with Crippen molar-refractivity contribution in [1.29, 1.82) is 0 Å². The van der Waals surface area contributed by atoms with Gasteiger partial charge >= 0.3 is 95.8 Å². The number of carbonyl (C=O) groups is 11. The van der Waals surface area contributed by atoms with E-state index in [0.717, 1.165) is 61.6 Å². The molecule has 44 nitrogen and oxygen atoms in total. The number of azide groups is 3. The molecule has 3 amide bonds. The summed E-state index contributed by atoms with van der Waals surface area (Å²) in [5.41, 5.74) is 43.4. The number of esters is 6. The van der Waals surface area contributed by atoms with Gasteiger partial charge in [-0.05, 0) is 174 Å². The molecule has 9 aliphatic rings. The number of aryl methyl sites for hydroxylation is 1. The van der Waals surface area contributed by atoms with Gasteiger partial charge in [-0.2, -0.15) is 21.6 Å². The summed E-state index contributed by atoms with van der Waals surface area (Å²) in [4.78, 5) is 143. The van der Waals surface area contributed by atoms with E-state index in [4.69, 9.17) is 75.9 Å². The van der Waals surface area contributed by atoms with Crippen LogP contribution in [0.4, 0.5) is 27.6 Å². The van der Waals surface area contributed by atoms with Crippen molar-refractivity contribution in [2.45, 2.75) is 305 Å². The second kappa shape index (κ2) is 59.3. The number of aldehydes is 1. The van der Waals surface area contributed by atoms with Gasteiger partial charge in [0.05, 0.1) is 91.0 Å². The number of hydrogen-bond donors (Lipinski definition) is 4. The Kier molecular flexibility index (Phi) is 54.1. The quantitative estimate of drug-likeness (QED) is 0.0165. The summed E-state index contributed by atoms with van der Waals surface area (Å²) in [5, 5.41) is 30.3. The summed E-state index contributed by atoms with van der Waals surface area (Å²) < 4.78 is 106. The fourth-order valence-electron chi connectivity index (χ4n) is 15.3. The van der Waals surface area contributed by atoms with Crippen LogP contribution in [0.2, 0.25) is 0 Å². The average molecular weight is 1880 g/mol. The minimum atomic E-state index is -5.08. The van der Waals surface area contributed by atoms with Crippen molar-refractivity contribution in [2.75, 3.05) is 95.0 Å². The normalized spacial score (nSPS) is 23.8. The minimum absolute atomic E-state index is 0. The zero-order valence-electron chi connectivity index (χ0n) is 77.6. The molecule has 0 aromatic heterocycles. The first-order valence-corrected chi connectivity index (χ1v) is 43.8. The number of rotatable bonds is 17. The molecule has 6 saturated heterocycles. The molecular formula is C81H131F3N19NaO25S. The summed E-state index contributed by atoms with van der Waals surface area (Å²) in [6.45, 7) is 21.5. The first-order valence-electron chi connectivity index (χ1n) is 42.4. The number of aliphatic hydroxyl groups is 1. The molecule has 3 aliphatic carbocycles. The number of hydrogen-bond acceptors (Lipinski definition) is 31. The van der Waals surface area contributed by atoms with Crippen LogP contribution in [-0.2, 0) is 95.3 Å². The van der Waals surface area contributed by atoms with E-state index in [1.165, 1.54) is 153 Å². The topological polar surface area (TPSA) is 614 Å². The van der Waals surface area contributed by atoms with Crippen molar-refractivity contribution in [3.05, 3.63) is 77.1 Å². The average Bonchev–Trinajstić information content (AvgIpc) is 1.75. The minimum Gasteiger partial charge on any atom is -0.475 e. The number of benzene rings is 1. The predicted molar refractivity (Wildman–Crippen MR) is 458 cm³/mol. The zero-order valence-corrected chi connectivity index (χ0v) is 80.4. The van der Waals surface area contributed by atoms with Gasteiger partial charge in [0.1, 0.15) is 59.3 Å². The van der Waals surface area contributed by atoms with E-state index < -0.39 is 112 Å². The van der Waals surface area contributed by atoms with Crippen LogP contribution in [0.25, 0.3) is 47.3 Å². The van der Waals surface area contributed by atoms with E-state index in [2.05, 4.69) is 59.4 Å². The van der Waals surface area contributed by atoms with Crippen molar-refractivity contribution < 1.29 is 161 Å². The van der Waals surface area contributed by atoms with E-state index in [9.17, 15) is 74.6 Å². The van der Waals surface area contributed by atoms with Gasteiger partial charge < -0.3 is 79.8 Å². The van der Waals surface area contributed by atoms with Crippen molar-refractivity contribution in [3.63, 3.8) is 0 Å². The number of nitrogens with zero attached hydrogens (tertiary/aromatic N) is 17. The molecule has 0 spiro atoms. The molecule has 1 aromatic rings. The summed E-state index contributed by atoms with van der Waals surface area (Å²) in [6.07, 6.45) is 14.0. The van der Waals surface area contributed by atoms with E-state index in [-0.39, 0.29) is 128 Å². The number of alkyl halides is 3. The molecule has 12 atom stereocenters. The summed E-state index contributed by atoms with van der Waals surface area (Å²) in [5.74, 6) is -3.28. The molecule has 0 radical (unpaired) electrons. The number of ether oxygens (including phenoxy) is 9. The Labute approximate surface area is 778 Å². The maximum atomic E-state index is 12.5. The Balaban J connectivity index is 0.000000757. The van der Waals surface area contributed by atoms with E-state index >= 15 is 0 Å². The van der Waals surface area contributed by atoms with Crippen molar-refractivity contribution >= 4 is 76.5 Å². The number of aliphatic carboxylic acids is 1. The zero-order chi connectivity index (χ0) is 97.7. The molecule has 10 rings (SSSR count). The Morgan fingerprint density at radius 3 is 1.23 bits per heavy atom. The fourth-order valence-corrected chi connectivity index (χ4v) is 16.3. The number of β-amino-alcohol motifs (C(OH)–C–C–N with tert-alkyl or cyclic N) is 1. The van der Waals surface area contributed by atoms with Crippen LogP contribution in [0.5, 0.6) is 0 Å². The molecule has 130 heavy (non-hydrogen) atoms. The van der Waals surface area contributed by atoms with E-state index in [1.807, 2.05) is 6.92 Å². The number of nitrogens with two attached hydrogens (primary N) is 1. The number of aliphatic hydroxyl groups excluding tert-OH is 1. The van der Waals surface area contributed by atoms with Gasteiger partial charge in [-0.1, -0.05) is 90.8 Å². The van der Waals surface area contributed by atoms with Crippen LogP contribution in [0, 0.1) is 24.7 Å². The number of carbonyl (C=O) groups excluding carboxylic acids is 10. The first-order chi connectivity index (χ1) is 60.5. The molecule has 728 valence electrons. The van der Waals surface area contributed by atoms with Gasteiger partial charge in [0.25, 0.3) is 10.1 Å². The molecule has 6 heterocycles. The van der Waals surface area contributed by atoms with Crippen LogP contribution in [0.1, 0.15) is 203 Å². The molecule has 0 unspecified atom stereocenters. The van der Waals surface area contributed by atoms with Crippen molar-refractivity contribution in [1.82, 2.24) is 29.8 Å². The van der Waals surface area contributed by atoms with Crippen molar-refractivity contribution in [2.24, 2.45) is 38.8 Å². The van der Waals surface area contributed by atoms with Gasteiger partial charge in [-0.3, -0.25) is 48.0 Å². The largest absolute Gasteiger partial charge is 1.00 e. The first kappa shape index (κ1) is 119. The van der Waals surface area contributed by atoms with Crippen molar-refractivity contribution in [3.8, 4) is 0 Å². The summed E-state index contributed by atoms with van der Waals surface area (Å²) in [7, 11) is 3.89. The van der Waals surface area contributed by atoms with Gasteiger partial charge in [0.2, 0.25) is 0 Å². The second-order valence-electron chi connectivity index (χ2n) is 34.8. The Bertz CT molecular complexity index is 4050. The number of halogens is 3. The number of methoxy groups -OCH3 is 6. The molecule has 0 bridgehead atoms. The molecule has 9 fully saturated rings. The maximum absolute atomic E-state index is 12.5. The summed E-state index contributed by atoms with van der Waals surface area (Å²) in [6, 6.07) is 2.53. The second-order valence-corrected chi connectivity index (χ2v) is 36.4. The Morgan fingerprint density at radius 2 is 0.846 bits per heavy atom. The third-order valence-electron chi connectivity index (χ3n) is 21.2. The van der Waals surface area contributed by atoms with Crippen LogP contribution < -0.4 is 40.6 Å². The SMILES string of the molecule is COC(=O)[C@@H]1C[C@@H](O)CN1C(=O)OC(C)(C)C.COC(=O)[C@@H]1C[C@@H](OS(=O)(=O)c2ccc(C)cc2)CN1C(=O)OC(C)(C)C.COC(=O)[C@@H]1C[C@H](N)CN1CC1CCCCC1.COC(=O)[C@@H]1C[C@H](N=[N+]=[N-])CN1.COC(=O)[C@@H]1C[C@H](N=[N+]=[N-])CN1C(=O)OC(C)(C)C.COC(=O)[C@@H]1C[C@H](N=[N+]=[N-])CN1CC1CCCCC1.O=C(O)C(F)(F)F.O=CC1CCCCC1.[N-]=[N+]=[N-].[Na+]. The predicted octanol–water partition coefficient (Wildman–Crippen LogP) is 8.73. The van der Waals surface area contributed by atoms with E-state index in [0.29, 0.717) is 37.8 Å². The fraction of sp³-hybridized carbons (Fsp3) is 0.790. The van der Waals surface area contributed by atoms with Gasteiger partial charge in [0.15, 0.2) is 0 Å². The Morgan fingerprint density at radius 1 is 0.500 bits per heavy atom. The van der Waals surface area contributed by atoms with Gasteiger partial charge in [-0.25, -0.2) is 33.6 Å². The van der Waals surface area contributed by atoms with Crippen LogP contribution in [-0.4, -0.2) is 300 Å². The van der Waals surface area contributed by atoms with Crippen LogP contribution >= 0.6 is 0 Å². The maximum Gasteiger partial charge on any atom is 1.00 e. The number of carboxylic acids is 1. The van der Waals surface area contributed by atoms with E-state index in [1.54, 1.807) is 74.4 Å². The smallest absolute Gasteiger partial charge is 0.475 e. The third-order valence-corrected chi connectivity index (χ3v) is 22.6. The molecule has 3 saturated carbocycles.